The van der Waals surface area contributed by atoms with E-state index in [2.05, 4.69) is 18.7 Å². The van der Waals surface area contributed by atoms with Crippen LogP contribution in [-0.2, 0) is 9.53 Å². The summed E-state index contributed by atoms with van der Waals surface area (Å²) in [7, 11) is 1.91. The molecular formula is C15H31ClN2O3. The number of piperidine rings is 1. The van der Waals surface area contributed by atoms with Crippen LogP contribution < -0.4 is 0 Å². The van der Waals surface area contributed by atoms with Gasteiger partial charge in [0.15, 0.2) is 0 Å². The Balaban J connectivity index is 0.00000400. The first-order valence-electron chi connectivity index (χ1n) is 7.71. The third-order valence-electron chi connectivity index (χ3n) is 3.96. The molecule has 21 heavy (non-hydrogen) atoms. The number of hydrogen-bond acceptors (Lipinski definition) is 4. The summed E-state index contributed by atoms with van der Waals surface area (Å²) in [5.74, 6) is -0.0380. The molecule has 1 aliphatic rings. The van der Waals surface area contributed by atoms with Gasteiger partial charge in [0.05, 0.1) is 13.2 Å². The topological polar surface area (TPSA) is 53.0 Å². The number of halogens is 1. The second-order valence-corrected chi connectivity index (χ2v) is 6.18. The number of carbonyl (C=O) groups is 1. The Morgan fingerprint density at radius 1 is 1.33 bits per heavy atom. The SMILES string of the molecule is CC(C)CCOCCN1CCC(N(C)CC(=O)O)CC1.Cl. The fraction of sp³-hybridized carbons (Fsp3) is 0.933. The lowest BCUT2D eigenvalue weighted by Gasteiger charge is -2.36. The maximum atomic E-state index is 10.7. The number of carboxylic acid groups (broad SMARTS) is 1. The van der Waals surface area contributed by atoms with Gasteiger partial charge in [0.2, 0.25) is 0 Å². The van der Waals surface area contributed by atoms with Crippen LogP contribution in [0.1, 0.15) is 33.1 Å². The molecule has 0 saturated carbocycles. The normalized spacial score (nSPS) is 17.2. The van der Waals surface area contributed by atoms with Gasteiger partial charge in [-0.2, -0.15) is 0 Å². The van der Waals surface area contributed by atoms with Crippen molar-refractivity contribution in [3.63, 3.8) is 0 Å². The van der Waals surface area contributed by atoms with Gasteiger partial charge in [0.25, 0.3) is 0 Å². The van der Waals surface area contributed by atoms with Crippen LogP contribution in [0.2, 0.25) is 0 Å². The highest BCUT2D eigenvalue weighted by atomic mass is 35.5. The molecule has 5 nitrogen and oxygen atoms in total. The zero-order valence-corrected chi connectivity index (χ0v) is 14.4. The van der Waals surface area contributed by atoms with Gasteiger partial charge in [-0.15, -0.1) is 12.4 Å². The molecule has 0 bridgehead atoms. The molecule has 0 amide bonds. The van der Waals surface area contributed by atoms with Crippen molar-refractivity contribution in [3.8, 4) is 0 Å². The van der Waals surface area contributed by atoms with Crippen molar-refractivity contribution in [1.29, 1.82) is 0 Å². The van der Waals surface area contributed by atoms with E-state index in [9.17, 15) is 4.79 Å². The van der Waals surface area contributed by atoms with Crippen molar-refractivity contribution in [3.05, 3.63) is 0 Å². The van der Waals surface area contributed by atoms with E-state index >= 15 is 0 Å². The molecule has 1 fully saturated rings. The van der Waals surface area contributed by atoms with Crippen molar-refractivity contribution < 1.29 is 14.6 Å². The number of aliphatic carboxylic acids is 1. The summed E-state index contributed by atoms with van der Waals surface area (Å²) in [5, 5.41) is 8.80. The minimum absolute atomic E-state index is 0. The van der Waals surface area contributed by atoms with Crippen LogP contribution in [0.4, 0.5) is 0 Å². The molecule has 0 aromatic rings. The highest BCUT2D eigenvalue weighted by Gasteiger charge is 2.23. The first-order chi connectivity index (χ1) is 9.49. The Morgan fingerprint density at radius 2 is 1.95 bits per heavy atom. The molecule has 0 aromatic carbocycles. The van der Waals surface area contributed by atoms with Crippen molar-refractivity contribution in [2.75, 3.05) is 46.4 Å². The van der Waals surface area contributed by atoms with E-state index in [0.29, 0.717) is 12.0 Å². The van der Waals surface area contributed by atoms with E-state index in [-0.39, 0.29) is 19.0 Å². The van der Waals surface area contributed by atoms with Crippen LogP contribution in [0.15, 0.2) is 0 Å². The maximum absolute atomic E-state index is 10.7. The van der Waals surface area contributed by atoms with Gasteiger partial charge in [0.1, 0.15) is 0 Å². The van der Waals surface area contributed by atoms with Crippen LogP contribution >= 0.6 is 12.4 Å². The predicted octanol–water partition coefficient (Wildman–Crippen LogP) is 1.95. The fourth-order valence-electron chi connectivity index (χ4n) is 2.54. The summed E-state index contributed by atoms with van der Waals surface area (Å²) >= 11 is 0. The van der Waals surface area contributed by atoms with Crippen LogP contribution in [0, 0.1) is 5.92 Å². The summed E-state index contributed by atoms with van der Waals surface area (Å²) in [6.45, 7) is 9.31. The monoisotopic (exact) mass is 322 g/mol. The fourth-order valence-corrected chi connectivity index (χ4v) is 2.54. The number of carboxylic acids is 1. The first kappa shape index (κ1) is 20.6. The average molecular weight is 323 g/mol. The molecule has 1 rings (SSSR count). The van der Waals surface area contributed by atoms with E-state index in [0.717, 1.165) is 52.1 Å². The van der Waals surface area contributed by atoms with E-state index < -0.39 is 5.97 Å². The summed E-state index contributed by atoms with van der Waals surface area (Å²) in [4.78, 5) is 15.1. The van der Waals surface area contributed by atoms with E-state index in [1.807, 2.05) is 11.9 Å². The Morgan fingerprint density at radius 3 is 2.48 bits per heavy atom. The largest absolute Gasteiger partial charge is 0.480 e. The van der Waals surface area contributed by atoms with E-state index in [1.54, 1.807) is 0 Å². The second-order valence-electron chi connectivity index (χ2n) is 6.18. The first-order valence-corrected chi connectivity index (χ1v) is 7.71. The average Bonchev–Trinajstić information content (AvgIpc) is 2.38. The van der Waals surface area contributed by atoms with Crippen LogP contribution in [0.3, 0.4) is 0 Å². The third-order valence-corrected chi connectivity index (χ3v) is 3.96. The van der Waals surface area contributed by atoms with Crippen molar-refractivity contribution in [2.24, 2.45) is 5.92 Å². The standard InChI is InChI=1S/C15H30N2O3.ClH/c1-13(2)6-10-20-11-9-17-7-4-14(5-8-17)16(3)12-15(18)19;/h13-14H,4-12H2,1-3H3,(H,18,19);1H. The quantitative estimate of drug-likeness (QED) is 0.658. The Hall–Kier alpha value is -0.360. The lowest BCUT2D eigenvalue weighted by molar-refractivity contribution is -0.138. The van der Waals surface area contributed by atoms with Gasteiger partial charge in [-0.1, -0.05) is 13.8 Å². The van der Waals surface area contributed by atoms with Crippen LogP contribution in [0.25, 0.3) is 0 Å². The summed E-state index contributed by atoms with van der Waals surface area (Å²) in [6.07, 6.45) is 3.23. The summed E-state index contributed by atoms with van der Waals surface area (Å²) in [5.41, 5.74) is 0. The molecule has 0 aromatic heterocycles. The molecule has 1 heterocycles. The van der Waals surface area contributed by atoms with Crippen LogP contribution in [-0.4, -0.2) is 73.4 Å². The highest BCUT2D eigenvalue weighted by Crippen LogP contribution is 2.14. The summed E-state index contributed by atoms with van der Waals surface area (Å²) < 4.78 is 5.64. The molecule has 6 heteroatoms. The number of rotatable bonds is 9. The van der Waals surface area contributed by atoms with Crippen molar-refractivity contribution >= 4 is 18.4 Å². The van der Waals surface area contributed by atoms with Gasteiger partial charge in [-0.05, 0) is 45.3 Å². The summed E-state index contributed by atoms with van der Waals surface area (Å²) in [6, 6.07) is 0.407. The van der Waals surface area contributed by atoms with Gasteiger partial charge < -0.3 is 14.7 Å². The number of hydrogen-bond donors (Lipinski definition) is 1. The zero-order valence-electron chi connectivity index (χ0n) is 13.6. The number of likely N-dealkylation sites (tertiary alicyclic amines) is 1. The van der Waals surface area contributed by atoms with Gasteiger partial charge in [-0.25, -0.2) is 0 Å². The number of likely N-dealkylation sites (N-methyl/N-ethyl adjacent to an activating group) is 1. The Labute approximate surface area is 135 Å². The molecule has 126 valence electrons. The Kier molecular flexibility index (Phi) is 11.0. The second kappa shape index (κ2) is 11.2. The third kappa shape index (κ3) is 9.30. The van der Waals surface area contributed by atoms with Crippen molar-refractivity contribution in [1.82, 2.24) is 9.80 Å². The van der Waals surface area contributed by atoms with Gasteiger partial charge in [-0.3, -0.25) is 9.69 Å². The van der Waals surface area contributed by atoms with Gasteiger partial charge >= 0.3 is 5.97 Å². The molecule has 0 atom stereocenters. The molecule has 0 spiro atoms. The minimum Gasteiger partial charge on any atom is -0.480 e. The number of ether oxygens (including phenoxy) is 1. The molecule has 0 radical (unpaired) electrons. The smallest absolute Gasteiger partial charge is 0.317 e. The number of nitrogens with zero attached hydrogens (tertiary/aromatic N) is 2. The van der Waals surface area contributed by atoms with E-state index in [1.165, 1.54) is 0 Å². The molecule has 1 aliphatic heterocycles. The molecule has 0 aliphatic carbocycles. The Bertz CT molecular complexity index is 282. The van der Waals surface area contributed by atoms with Gasteiger partial charge in [0, 0.05) is 19.2 Å². The lowest BCUT2D eigenvalue weighted by atomic mass is 10.0. The highest BCUT2D eigenvalue weighted by molar-refractivity contribution is 5.85. The van der Waals surface area contributed by atoms with E-state index in [4.69, 9.17) is 9.84 Å². The minimum atomic E-state index is -0.742. The molecular weight excluding hydrogens is 292 g/mol. The lowest BCUT2D eigenvalue weighted by Crippen LogP contribution is -2.45. The maximum Gasteiger partial charge on any atom is 0.317 e. The molecule has 0 unspecified atom stereocenters. The van der Waals surface area contributed by atoms with Crippen LogP contribution in [0.5, 0.6) is 0 Å². The zero-order chi connectivity index (χ0) is 15.0. The molecule has 1 N–H and O–H groups in total. The predicted molar refractivity (Wildman–Crippen MR) is 87.2 cm³/mol. The van der Waals surface area contributed by atoms with Crippen molar-refractivity contribution in [2.45, 2.75) is 39.2 Å². The molecule has 1 saturated heterocycles.